The normalized spacial score (nSPS) is 14.8. The lowest BCUT2D eigenvalue weighted by molar-refractivity contribution is 0.0730. The molecule has 32 heavy (non-hydrogen) atoms. The molecule has 1 fully saturated rings. The highest BCUT2D eigenvalue weighted by atomic mass is 79.9. The van der Waals surface area contributed by atoms with E-state index < -0.39 is 15.9 Å². The highest BCUT2D eigenvalue weighted by Gasteiger charge is 2.26. The monoisotopic (exact) mass is 541 g/mol. The van der Waals surface area contributed by atoms with Crippen LogP contribution in [0.15, 0.2) is 51.8 Å². The van der Waals surface area contributed by atoms with Crippen molar-refractivity contribution in [3.8, 4) is 5.75 Å². The number of nitrogens with one attached hydrogen (secondary N) is 2. The van der Waals surface area contributed by atoms with Crippen molar-refractivity contribution in [2.45, 2.75) is 24.8 Å². The maximum absolute atomic E-state index is 12.7. The smallest absolute Gasteiger partial charge is 0.261 e. The Hall–Kier alpha value is -2.05. The molecule has 2 aromatic carbocycles. The Kier molecular flexibility index (Phi) is 8.23. The molecule has 2 N–H and O–H groups in total. The largest absolute Gasteiger partial charge is 0.490 e. The Balaban J connectivity index is 1.65. The zero-order chi connectivity index (χ0) is 23.3. The number of sulfonamides is 1. The number of nitrogens with zero attached hydrogens (tertiary/aromatic N) is 1. The van der Waals surface area contributed by atoms with Gasteiger partial charge in [-0.25, -0.2) is 8.42 Å². The van der Waals surface area contributed by atoms with Crippen LogP contribution in [0.3, 0.4) is 0 Å². The molecule has 1 aliphatic rings. The number of hydrogen-bond donors (Lipinski definition) is 2. The number of thiocarbonyl (C=S) groups is 1. The summed E-state index contributed by atoms with van der Waals surface area (Å²) in [6.45, 7) is 5.17. The first-order valence-electron chi connectivity index (χ1n) is 9.93. The van der Waals surface area contributed by atoms with Crippen molar-refractivity contribution in [2.24, 2.45) is 0 Å². The second-order valence-corrected chi connectivity index (χ2v) is 10.5. The number of morpholine rings is 1. The van der Waals surface area contributed by atoms with Gasteiger partial charge in [-0.1, -0.05) is 15.9 Å². The number of benzene rings is 2. The fraction of sp³-hybridized carbons (Fsp3) is 0.333. The van der Waals surface area contributed by atoms with Crippen LogP contribution in [-0.2, 0) is 14.8 Å². The van der Waals surface area contributed by atoms with Crippen molar-refractivity contribution in [3.05, 3.63) is 52.5 Å². The van der Waals surface area contributed by atoms with Crippen LogP contribution in [0.1, 0.15) is 24.2 Å². The number of anilines is 1. The predicted octanol–water partition coefficient (Wildman–Crippen LogP) is 3.38. The first kappa shape index (κ1) is 24.6. The summed E-state index contributed by atoms with van der Waals surface area (Å²) in [6.07, 6.45) is -0.0972. The highest BCUT2D eigenvalue weighted by molar-refractivity contribution is 9.10. The minimum atomic E-state index is -3.58. The molecule has 0 radical (unpaired) electrons. The van der Waals surface area contributed by atoms with Crippen molar-refractivity contribution in [2.75, 3.05) is 31.6 Å². The molecule has 0 spiro atoms. The highest BCUT2D eigenvalue weighted by Crippen LogP contribution is 2.24. The molecule has 1 amide bonds. The van der Waals surface area contributed by atoms with Gasteiger partial charge >= 0.3 is 0 Å². The van der Waals surface area contributed by atoms with Gasteiger partial charge in [-0.05, 0) is 68.5 Å². The molecule has 172 valence electrons. The van der Waals surface area contributed by atoms with Gasteiger partial charge in [0.15, 0.2) is 5.11 Å². The summed E-state index contributed by atoms with van der Waals surface area (Å²) in [4.78, 5) is 12.9. The van der Waals surface area contributed by atoms with Gasteiger partial charge in [0.25, 0.3) is 5.91 Å². The topological polar surface area (TPSA) is 97.0 Å². The van der Waals surface area contributed by atoms with E-state index in [9.17, 15) is 13.2 Å². The van der Waals surface area contributed by atoms with Crippen LogP contribution in [0.5, 0.6) is 5.75 Å². The van der Waals surface area contributed by atoms with Crippen LogP contribution in [0.2, 0.25) is 0 Å². The number of hydrogen-bond acceptors (Lipinski definition) is 6. The van der Waals surface area contributed by atoms with Gasteiger partial charge in [0.05, 0.1) is 29.8 Å². The number of amides is 1. The molecule has 0 aromatic heterocycles. The molecule has 3 rings (SSSR count). The van der Waals surface area contributed by atoms with Crippen LogP contribution < -0.4 is 15.4 Å². The van der Waals surface area contributed by atoms with E-state index in [0.717, 1.165) is 4.47 Å². The molecule has 0 aliphatic carbocycles. The quantitative estimate of drug-likeness (QED) is 0.541. The summed E-state index contributed by atoms with van der Waals surface area (Å²) >= 11 is 8.61. The summed E-state index contributed by atoms with van der Waals surface area (Å²) in [5, 5.41) is 5.59. The Morgan fingerprint density at radius 3 is 2.44 bits per heavy atom. The first-order valence-corrected chi connectivity index (χ1v) is 12.6. The van der Waals surface area contributed by atoms with Gasteiger partial charge in [0.2, 0.25) is 10.0 Å². The van der Waals surface area contributed by atoms with E-state index in [1.54, 1.807) is 30.3 Å². The lowest BCUT2D eigenvalue weighted by Gasteiger charge is -2.26. The van der Waals surface area contributed by atoms with E-state index in [2.05, 4.69) is 26.6 Å². The van der Waals surface area contributed by atoms with E-state index in [-0.39, 0.29) is 16.1 Å². The summed E-state index contributed by atoms with van der Waals surface area (Å²) < 4.78 is 38.5. The molecular formula is C21H24BrN3O5S2. The van der Waals surface area contributed by atoms with Crippen molar-refractivity contribution < 1.29 is 22.7 Å². The third-order valence-corrected chi connectivity index (χ3v) is 7.11. The lowest BCUT2D eigenvalue weighted by Crippen LogP contribution is -2.40. The molecule has 0 saturated carbocycles. The second-order valence-electron chi connectivity index (χ2n) is 7.26. The maximum Gasteiger partial charge on any atom is 0.261 e. The van der Waals surface area contributed by atoms with Gasteiger partial charge in [-0.3, -0.25) is 10.1 Å². The van der Waals surface area contributed by atoms with Crippen LogP contribution >= 0.6 is 28.1 Å². The van der Waals surface area contributed by atoms with Crippen LogP contribution in [0.4, 0.5) is 5.69 Å². The second kappa shape index (κ2) is 10.7. The van der Waals surface area contributed by atoms with Gasteiger partial charge in [-0.15, -0.1) is 0 Å². The molecule has 11 heteroatoms. The fourth-order valence-electron chi connectivity index (χ4n) is 3.02. The van der Waals surface area contributed by atoms with E-state index in [1.807, 2.05) is 13.8 Å². The predicted molar refractivity (Wildman–Crippen MR) is 130 cm³/mol. The molecule has 0 atom stereocenters. The zero-order valence-corrected chi connectivity index (χ0v) is 20.8. The fourth-order valence-corrected chi connectivity index (χ4v) is 4.99. The molecule has 8 nitrogen and oxygen atoms in total. The van der Waals surface area contributed by atoms with Gasteiger partial charge in [0.1, 0.15) is 5.75 Å². The van der Waals surface area contributed by atoms with E-state index in [0.29, 0.717) is 43.3 Å². The average Bonchev–Trinajstić information content (AvgIpc) is 2.75. The average molecular weight is 542 g/mol. The standard InChI is InChI=1S/C21H24BrN3O5S2/c1-14(2)30-19-8-3-15(22)13-18(19)20(26)24-21(31)23-16-4-6-17(7-5-16)32(27,28)25-9-11-29-12-10-25/h3-8,13-14H,9-12H2,1-2H3,(H2,23,24,26,31). The third-order valence-electron chi connectivity index (χ3n) is 4.50. The maximum atomic E-state index is 12.7. The summed E-state index contributed by atoms with van der Waals surface area (Å²) in [7, 11) is -3.58. The van der Waals surface area contributed by atoms with E-state index in [4.69, 9.17) is 21.7 Å². The van der Waals surface area contributed by atoms with Gasteiger partial charge < -0.3 is 14.8 Å². The SMILES string of the molecule is CC(C)Oc1ccc(Br)cc1C(=O)NC(=S)Nc1ccc(S(=O)(=O)N2CCOCC2)cc1. The number of rotatable bonds is 6. The van der Waals surface area contributed by atoms with Gasteiger partial charge in [-0.2, -0.15) is 4.31 Å². The molecule has 1 heterocycles. The number of carbonyl (C=O) groups excluding carboxylic acids is 1. The molecule has 0 unspecified atom stereocenters. The van der Waals surface area contributed by atoms with Crippen LogP contribution in [-0.4, -0.2) is 56.1 Å². The van der Waals surface area contributed by atoms with E-state index >= 15 is 0 Å². The van der Waals surface area contributed by atoms with Gasteiger partial charge in [0, 0.05) is 23.2 Å². The molecule has 0 bridgehead atoms. The summed E-state index contributed by atoms with van der Waals surface area (Å²) in [5.41, 5.74) is 0.883. The summed E-state index contributed by atoms with van der Waals surface area (Å²) in [6, 6.07) is 11.3. The third kappa shape index (κ3) is 6.26. The van der Waals surface area contributed by atoms with E-state index in [1.165, 1.54) is 16.4 Å². The molecule has 1 saturated heterocycles. The minimum absolute atomic E-state index is 0.0780. The Labute approximate surface area is 201 Å². The summed E-state index contributed by atoms with van der Waals surface area (Å²) in [5.74, 6) is 0.0205. The van der Waals surface area contributed by atoms with Crippen molar-refractivity contribution in [1.82, 2.24) is 9.62 Å². The van der Waals surface area contributed by atoms with Crippen molar-refractivity contribution in [1.29, 1.82) is 0 Å². The Morgan fingerprint density at radius 1 is 1.16 bits per heavy atom. The zero-order valence-electron chi connectivity index (χ0n) is 17.6. The van der Waals surface area contributed by atoms with Crippen LogP contribution in [0, 0.1) is 0 Å². The number of ether oxygens (including phenoxy) is 2. The molecule has 2 aromatic rings. The molecule has 1 aliphatic heterocycles. The first-order chi connectivity index (χ1) is 15.2. The molecular weight excluding hydrogens is 518 g/mol. The minimum Gasteiger partial charge on any atom is -0.490 e. The number of halogens is 1. The van der Waals surface area contributed by atoms with Crippen molar-refractivity contribution >= 4 is 54.9 Å². The Bertz CT molecular complexity index is 1090. The van der Waals surface area contributed by atoms with Crippen molar-refractivity contribution in [3.63, 3.8) is 0 Å². The number of carbonyl (C=O) groups is 1. The lowest BCUT2D eigenvalue weighted by atomic mass is 10.2. The van der Waals surface area contributed by atoms with Crippen LogP contribution in [0.25, 0.3) is 0 Å². The Morgan fingerprint density at radius 2 is 1.81 bits per heavy atom.